The average Bonchev–Trinajstić information content (AvgIpc) is 2.22. The first-order valence-corrected chi connectivity index (χ1v) is 7.49. The maximum Gasteiger partial charge on any atom is 0.336 e. The summed E-state index contributed by atoms with van der Waals surface area (Å²) in [5.41, 5.74) is 5.60. The second-order valence-corrected chi connectivity index (χ2v) is 6.36. The van der Waals surface area contributed by atoms with Gasteiger partial charge in [0.05, 0.1) is 10.0 Å². The topological polar surface area (TPSA) is 63.3 Å². The molecule has 0 heterocycles. The standard InChI is InChI=1S/C10H10BrFINO2S/c1-4(14)3-17-9-7(11)6(12)2-5(8(9)13)10(15)16/h2,4H,3,14H2,1H3,(H,15,16)/t4-/m0/s1. The Morgan fingerprint density at radius 2 is 2.35 bits per heavy atom. The number of carbonyl (C=O) groups is 1. The zero-order valence-corrected chi connectivity index (χ0v) is 13.4. The Hall–Kier alpha value is 0.140. The van der Waals surface area contributed by atoms with Crippen LogP contribution >= 0.6 is 50.3 Å². The molecule has 0 fully saturated rings. The molecule has 0 saturated heterocycles. The molecule has 0 spiro atoms. The molecule has 7 heteroatoms. The second-order valence-electron chi connectivity index (χ2n) is 3.46. The van der Waals surface area contributed by atoms with Gasteiger partial charge in [-0.1, -0.05) is 0 Å². The minimum absolute atomic E-state index is 0.0292. The van der Waals surface area contributed by atoms with Gasteiger partial charge in [0.2, 0.25) is 0 Å². The number of hydrogen-bond acceptors (Lipinski definition) is 3. The molecule has 0 aliphatic carbocycles. The highest BCUT2D eigenvalue weighted by Gasteiger charge is 2.19. The van der Waals surface area contributed by atoms with E-state index in [1.807, 2.05) is 29.5 Å². The SMILES string of the molecule is C[C@H](N)CSc1c(Br)c(F)cc(C(=O)O)c1I. The third-order valence-corrected chi connectivity index (χ3v) is 5.75. The lowest BCUT2D eigenvalue weighted by Gasteiger charge is -2.12. The van der Waals surface area contributed by atoms with Crippen LogP contribution in [-0.4, -0.2) is 22.9 Å². The molecule has 1 aromatic carbocycles. The van der Waals surface area contributed by atoms with E-state index >= 15 is 0 Å². The van der Waals surface area contributed by atoms with Gasteiger partial charge >= 0.3 is 5.97 Å². The molecule has 1 atom stereocenters. The van der Waals surface area contributed by atoms with Gasteiger partial charge in [0.1, 0.15) is 5.82 Å². The summed E-state index contributed by atoms with van der Waals surface area (Å²) in [6, 6.07) is 0.976. The number of rotatable bonds is 4. The number of halogens is 3. The Labute approximate surface area is 125 Å². The molecule has 0 aliphatic heterocycles. The largest absolute Gasteiger partial charge is 0.478 e. The van der Waals surface area contributed by atoms with Crippen LogP contribution in [0.15, 0.2) is 15.4 Å². The van der Waals surface area contributed by atoms with E-state index in [1.165, 1.54) is 11.8 Å². The summed E-state index contributed by atoms with van der Waals surface area (Å²) in [7, 11) is 0. The zero-order chi connectivity index (χ0) is 13.2. The fraction of sp³-hybridized carbons (Fsp3) is 0.300. The second kappa shape index (κ2) is 6.35. The normalized spacial score (nSPS) is 12.5. The van der Waals surface area contributed by atoms with Crippen molar-refractivity contribution in [2.75, 3.05) is 5.75 Å². The van der Waals surface area contributed by atoms with E-state index in [9.17, 15) is 9.18 Å². The van der Waals surface area contributed by atoms with Gasteiger partial charge in [0, 0.05) is 20.3 Å². The molecule has 0 aliphatic rings. The van der Waals surface area contributed by atoms with E-state index in [-0.39, 0.29) is 16.1 Å². The van der Waals surface area contributed by atoms with Gasteiger partial charge in [0.25, 0.3) is 0 Å². The zero-order valence-electron chi connectivity index (χ0n) is 8.84. The number of aromatic carboxylic acids is 1. The van der Waals surface area contributed by atoms with Crippen LogP contribution in [0.4, 0.5) is 4.39 Å². The van der Waals surface area contributed by atoms with Crippen molar-refractivity contribution in [2.24, 2.45) is 5.73 Å². The number of thioether (sulfide) groups is 1. The predicted molar refractivity (Wildman–Crippen MR) is 78.1 cm³/mol. The van der Waals surface area contributed by atoms with Gasteiger partial charge < -0.3 is 10.8 Å². The first kappa shape index (κ1) is 15.2. The Morgan fingerprint density at radius 1 is 1.76 bits per heavy atom. The molecular formula is C10H10BrFINO2S. The molecule has 0 radical (unpaired) electrons. The van der Waals surface area contributed by atoms with Crippen LogP contribution < -0.4 is 5.73 Å². The summed E-state index contributed by atoms with van der Waals surface area (Å²) < 4.78 is 14.4. The number of nitrogens with two attached hydrogens (primary N) is 1. The van der Waals surface area contributed by atoms with E-state index in [0.29, 0.717) is 14.2 Å². The Bertz CT molecular complexity index is 456. The van der Waals surface area contributed by atoms with Crippen LogP contribution in [-0.2, 0) is 0 Å². The molecule has 1 rings (SSSR count). The molecule has 94 valence electrons. The van der Waals surface area contributed by atoms with Gasteiger partial charge in [-0.3, -0.25) is 0 Å². The van der Waals surface area contributed by atoms with Crippen LogP contribution in [0.2, 0.25) is 0 Å². The number of benzene rings is 1. The van der Waals surface area contributed by atoms with Crippen molar-refractivity contribution in [3.05, 3.63) is 25.5 Å². The van der Waals surface area contributed by atoms with Gasteiger partial charge in [-0.25, -0.2) is 9.18 Å². The lowest BCUT2D eigenvalue weighted by Crippen LogP contribution is -2.17. The van der Waals surface area contributed by atoms with E-state index in [4.69, 9.17) is 10.8 Å². The third-order valence-electron chi connectivity index (χ3n) is 1.84. The van der Waals surface area contributed by atoms with Gasteiger partial charge in [0.15, 0.2) is 0 Å². The van der Waals surface area contributed by atoms with Crippen LogP contribution in [0.25, 0.3) is 0 Å². The highest BCUT2D eigenvalue weighted by molar-refractivity contribution is 14.1. The van der Waals surface area contributed by atoms with Crippen LogP contribution in [0.1, 0.15) is 17.3 Å². The first-order valence-electron chi connectivity index (χ1n) is 4.63. The summed E-state index contributed by atoms with van der Waals surface area (Å²) in [4.78, 5) is 11.5. The van der Waals surface area contributed by atoms with Crippen molar-refractivity contribution in [2.45, 2.75) is 17.9 Å². The van der Waals surface area contributed by atoms with Crippen molar-refractivity contribution in [1.82, 2.24) is 0 Å². The van der Waals surface area contributed by atoms with E-state index in [0.717, 1.165) is 6.07 Å². The molecule has 0 saturated carbocycles. The number of carboxylic acids is 1. The predicted octanol–water partition coefficient (Wildman–Crippen LogP) is 3.33. The fourth-order valence-electron chi connectivity index (χ4n) is 1.08. The fourth-order valence-corrected chi connectivity index (χ4v) is 4.12. The Morgan fingerprint density at radius 3 is 2.82 bits per heavy atom. The van der Waals surface area contributed by atoms with Crippen molar-refractivity contribution in [1.29, 1.82) is 0 Å². The van der Waals surface area contributed by atoms with Gasteiger partial charge in [-0.2, -0.15) is 0 Å². The van der Waals surface area contributed by atoms with Crippen molar-refractivity contribution in [3.63, 3.8) is 0 Å². The molecule has 17 heavy (non-hydrogen) atoms. The van der Waals surface area contributed by atoms with Gasteiger partial charge in [-0.15, -0.1) is 11.8 Å². The van der Waals surface area contributed by atoms with Crippen molar-refractivity contribution >= 4 is 56.3 Å². The van der Waals surface area contributed by atoms with Crippen LogP contribution in [0.3, 0.4) is 0 Å². The van der Waals surface area contributed by atoms with Crippen molar-refractivity contribution < 1.29 is 14.3 Å². The first-order chi connectivity index (χ1) is 7.84. The summed E-state index contributed by atoms with van der Waals surface area (Å²) in [5, 5.41) is 8.96. The minimum Gasteiger partial charge on any atom is -0.478 e. The quantitative estimate of drug-likeness (QED) is 0.434. The highest BCUT2D eigenvalue weighted by atomic mass is 127. The Balaban J connectivity index is 3.22. The molecule has 1 aromatic rings. The van der Waals surface area contributed by atoms with E-state index < -0.39 is 11.8 Å². The third kappa shape index (κ3) is 3.80. The lowest BCUT2D eigenvalue weighted by atomic mass is 10.2. The molecule has 0 amide bonds. The van der Waals surface area contributed by atoms with Crippen LogP contribution in [0.5, 0.6) is 0 Å². The van der Waals surface area contributed by atoms with Gasteiger partial charge in [-0.05, 0) is 51.5 Å². The lowest BCUT2D eigenvalue weighted by molar-refractivity contribution is 0.0694. The van der Waals surface area contributed by atoms with Crippen molar-refractivity contribution in [3.8, 4) is 0 Å². The molecule has 0 unspecified atom stereocenters. The summed E-state index contributed by atoms with van der Waals surface area (Å²) >= 11 is 6.38. The van der Waals surface area contributed by atoms with Crippen LogP contribution in [0, 0.1) is 9.39 Å². The minimum atomic E-state index is -1.14. The highest BCUT2D eigenvalue weighted by Crippen LogP contribution is 2.36. The molecule has 0 bridgehead atoms. The maximum atomic E-state index is 13.5. The smallest absolute Gasteiger partial charge is 0.336 e. The average molecular weight is 434 g/mol. The molecular weight excluding hydrogens is 424 g/mol. The maximum absolute atomic E-state index is 13.5. The van der Waals surface area contributed by atoms with E-state index in [1.54, 1.807) is 0 Å². The molecule has 3 nitrogen and oxygen atoms in total. The van der Waals surface area contributed by atoms with E-state index in [2.05, 4.69) is 15.9 Å². The molecule has 0 aromatic heterocycles. The summed E-state index contributed by atoms with van der Waals surface area (Å²) in [6.45, 7) is 1.84. The molecule has 3 N–H and O–H groups in total. The number of carboxylic acid groups (broad SMARTS) is 1. The summed E-state index contributed by atoms with van der Waals surface area (Å²) in [6.07, 6.45) is 0. The summed E-state index contributed by atoms with van der Waals surface area (Å²) in [5.74, 6) is -1.12. The number of hydrogen-bond donors (Lipinski definition) is 2. The monoisotopic (exact) mass is 433 g/mol. The Kier molecular flexibility index (Phi) is 5.68.